The summed E-state index contributed by atoms with van der Waals surface area (Å²) in [6, 6.07) is 0. The first-order valence-electron chi connectivity index (χ1n) is 17.9. The molecule has 2 aliphatic heterocycles. The largest absolute Gasteiger partial charge is 0.460 e. The number of carbonyl (C=O) groups is 4. The zero-order valence-corrected chi connectivity index (χ0v) is 32.9. The summed E-state index contributed by atoms with van der Waals surface area (Å²) < 4.78 is 44.3. The van der Waals surface area contributed by atoms with Crippen molar-refractivity contribution in [3.05, 3.63) is 24.3 Å². The number of hydrogen-bond donors (Lipinski definition) is 2. The molecule has 0 spiro atoms. The van der Waals surface area contributed by atoms with Crippen LogP contribution in [0.1, 0.15) is 94.9 Å². The molecular weight excluding hydrogens is 680 g/mol. The van der Waals surface area contributed by atoms with Crippen LogP contribution in [0.3, 0.4) is 0 Å². The third-order valence-corrected chi connectivity index (χ3v) is 7.50. The van der Waals surface area contributed by atoms with Gasteiger partial charge in [0, 0.05) is 13.2 Å². The summed E-state index contributed by atoms with van der Waals surface area (Å²) in [5, 5.41) is 19.5. The van der Waals surface area contributed by atoms with Crippen molar-refractivity contribution in [3.63, 3.8) is 0 Å². The van der Waals surface area contributed by atoms with Crippen molar-refractivity contribution in [1.29, 1.82) is 0 Å². The molecule has 14 heteroatoms. The molecule has 2 saturated heterocycles. The van der Waals surface area contributed by atoms with Gasteiger partial charge in [0.15, 0.2) is 0 Å². The van der Waals surface area contributed by atoms with Crippen LogP contribution in [0.2, 0.25) is 0 Å². The summed E-state index contributed by atoms with van der Waals surface area (Å²) in [4.78, 5) is 49.0. The van der Waals surface area contributed by atoms with E-state index < -0.39 is 83.5 Å². The smallest absolute Gasteiger partial charge is 0.309 e. The molecule has 14 nitrogen and oxygen atoms in total. The molecule has 8 atom stereocenters. The maximum absolute atomic E-state index is 12.8. The van der Waals surface area contributed by atoms with E-state index in [9.17, 15) is 29.4 Å². The van der Waals surface area contributed by atoms with E-state index in [1.165, 1.54) is 6.92 Å². The third-order valence-electron chi connectivity index (χ3n) is 7.50. The van der Waals surface area contributed by atoms with E-state index in [1.54, 1.807) is 48.5 Å². The van der Waals surface area contributed by atoms with Crippen LogP contribution in [0.15, 0.2) is 24.3 Å². The highest BCUT2D eigenvalue weighted by molar-refractivity contribution is 5.81. The van der Waals surface area contributed by atoms with Gasteiger partial charge in [-0.25, -0.2) is 0 Å². The molecule has 0 radical (unpaired) electrons. The van der Waals surface area contributed by atoms with Crippen LogP contribution in [0.5, 0.6) is 0 Å². The SMILES string of the molecule is C=C(C)CO[C@H]1[C@H](C)OC(=O)[C@@H](CC(=O)OC(C)(C)C)CCOC[C@@H]1OCC(=C)C.C[C@@H]1OC(=O)[C@@H](CC(=O)OC(C)(C)C)CCOC[C@H](O)[C@H]1O. The van der Waals surface area contributed by atoms with Gasteiger partial charge < -0.3 is 48.1 Å². The minimum Gasteiger partial charge on any atom is -0.460 e. The van der Waals surface area contributed by atoms with E-state index in [-0.39, 0.29) is 45.7 Å². The molecule has 0 aromatic rings. The van der Waals surface area contributed by atoms with E-state index in [0.717, 1.165) is 11.1 Å². The van der Waals surface area contributed by atoms with Crippen LogP contribution in [0.25, 0.3) is 0 Å². The first-order valence-corrected chi connectivity index (χ1v) is 17.9. The maximum Gasteiger partial charge on any atom is 0.309 e. The molecule has 2 fully saturated rings. The van der Waals surface area contributed by atoms with E-state index in [2.05, 4.69) is 13.2 Å². The van der Waals surface area contributed by atoms with E-state index >= 15 is 0 Å². The lowest BCUT2D eigenvalue weighted by Gasteiger charge is -2.33. The predicted octanol–water partition coefficient (Wildman–Crippen LogP) is 4.02. The number of carbonyl (C=O) groups excluding carboxylic acids is 4. The molecule has 0 bridgehead atoms. The minimum atomic E-state index is -1.23. The van der Waals surface area contributed by atoms with Gasteiger partial charge in [-0.1, -0.05) is 24.3 Å². The first-order chi connectivity index (χ1) is 24.0. The van der Waals surface area contributed by atoms with Crippen LogP contribution in [-0.2, 0) is 57.1 Å². The summed E-state index contributed by atoms with van der Waals surface area (Å²) in [5.41, 5.74) is 0.470. The lowest BCUT2D eigenvalue weighted by Crippen LogP contribution is -2.46. The Kier molecular flexibility index (Phi) is 20.3. The van der Waals surface area contributed by atoms with Crippen molar-refractivity contribution in [2.45, 2.75) is 143 Å². The maximum atomic E-state index is 12.8. The van der Waals surface area contributed by atoms with Crippen LogP contribution in [-0.4, -0.2) is 122 Å². The Bertz CT molecular complexity index is 1170. The van der Waals surface area contributed by atoms with Gasteiger partial charge >= 0.3 is 23.9 Å². The summed E-state index contributed by atoms with van der Waals surface area (Å²) in [6.07, 6.45) is -4.35. The topological polar surface area (TPSA) is 183 Å². The van der Waals surface area contributed by atoms with Gasteiger partial charge in [-0.3, -0.25) is 19.2 Å². The number of aliphatic hydroxyl groups is 2. The number of aliphatic hydroxyl groups excluding tert-OH is 2. The molecule has 2 N–H and O–H groups in total. The number of ether oxygens (including phenoxy) is 8. The molecule has 0 unspecified atom stereocenters. The summed E-state index contributed by atoms with van der Waals surface area (Å²) >= 11 is 0. The van der Waals surface area contributed by atoms with E-state index in [0.29, 0.717) is 19.6 Å². The Morgan fingerprint density at radius 1 is 0.731 bits per heavy atom. The Morgan fingerprint density at radius 3 is 1.60 bits per heavy atom. The molecule has 2 rings (SSSR count). The molecule has 0 amide bonds. The van der Waals surface area contributed by atoms with Gasteiger partial charge in [0.05, 0.1) is 51.1 Å². The summed E-state index contributed by atoms with van der Waals surface area (Å²) in [6.45, 7) is 26.6. The van der Waals surface area contributed by atoms with Gasteiger partial charge in [-0.15, -0.1) is 0 Å². The lowest BCUT2D eigenvalue weighted by molar-refractivity contribution is -0.181. The highest BCUT2D eigenvalue weighted by Gasteiger charge is 2.36. The van der Waals surface area contributed by atoms with Crippen molar-refractivity contribution >= 4 is 23.9 Å². The molecule has 2 heterocycles. The fraction of sp³-hybridized carbons (Fsp3) is 0.789. The highest BCUT2D eigenvalue weighted by Crippen LogP contribution is 2.23. The molecule has 52 heavy (non-hydrogen) atoms. The molecule has 300 valence electrons. The third kappa shape index (κ3) is 19.8. The van der Waals surface area contributed by atoms with Crippen LogP contribution < -0.4 is 0 Å². The van der Waals surface area contributed by atoms with Gasteiger partial charge in [0.1, 0.15) is 47.8 Å². The van der Waals surface area contributed by atoms with Gasteiger partial charge in [-0.05, 0) is 82.1 Å². The Balaban J connectivity index is 0.000000545. The zero-order valence-electron chi connectivity index (χ0n) is 32.9. The quantitative estimate of drug-likeness (QED) is 0.186. The van der Waals surface area contributed by atoms with E-state index in [4.69, 9.17) is 37.9 Å². The molecule has 0 saturated carbocycles. The van der Waals surface area contributed by atoms with Gasteiger partial charge in [-0.2, -0.15) is 0 Å². The second kappa shape index (κ2) is 22.4. The molecule has 2 aliphatic rings. The Hall–Kier alpha value is -2.88. The molecular formula is C38H64O14. The lowest BCUT2D eigenvalue weighted by atomic mass is 10.0. The van der Waals surface area contributed by atoms with Crippen molar-refractivity contribution in [3.8, 4) is 0 Å². The van der Waals surface area contributed by atoms with Crippen molar-refractivity contribution < 1.29 is 67.3 Å². The number of esters is 4. The highest BCUT2D eigenvalue weighted by atomic mass is 16.6. The van der Waals surface area contributed by atoms with Crippen LogP contribution in [0.4, 0.5) is 0 Å². The normalized spacial score (nSPS) is 28.2. The molecule has 0 aromatic carbocycles. The summed E-state index contributed by atoms with van der Waals surface area (Å²) in [5.74, 6) is -3.33. The van der Waals surface area contributed by atoms with E-state index in [1.807, 2.05) is 13.8 Å². The van der Waals surface area contributed by atoms with Crippen molar-refractivity contribution in [2.24, 2.45) is 11.8 Å². The fourth-order valence-corrected chi connectivity index (χ4v) is 5.01. The minimum absolute atomic E-state index is 0.0534. The Morgan fingerprint density at radius 2 is 1.15 bits per heavy atom. The zero-order chi connectivity index (χ0) is 39.8. The number of cyclic esters (lactones) is 2. The average Bonchev–Trinajstić information content (AvgIpc) is 2.99. The second-order valence-electron chi connectivity index (χ2n) is 15.6. The average molecular weight is 745 g/mol. The van der Waals surface area contributed by atoms with Gasteiger partial charge in [0.2, 0.25) is 0 Å². The Labute approximate surface area is 309 Å². The second-order valence-corrected chi connectivity index (χ2v) is 15.6. The van der Waals surface area contributed by atoms with Crippen molar-refractivity contribution in [1.82, 2.24) is 0 Å². The molecule has 0 aliphatic carbocycles. The standard InChI is InChI=1S/C23H38O7.C15H26O7/c1-15(2)12-27-19-14-26-10-9-18(11-20(24)30-23(6,7)8)22(25)29-17(5)21(19)28-13-16(3)4;1-9-13(18)11(16)8-20-6-5-10(14(19)21-9)7-12(17)22-15(2,3)4/h17-19,21H,1,3,9-14H2,2,4-8H3;9-11,13,16,18H,5-8H2,1-4H3/t17-,18+,19-,21-;9-,10+,11-,13-/m00/s1. The number of rotatable bonds is 10. The summed E-state index contributed by atoms with van der Waals surface area (Å²) in [7, 11) is 0. The monoisotopic (exact) mass is 744 g/mol. The fourth-order valence-electron chi connectivity index (χ4n) is 5.01. The van der Waals surface area contributed by atoms with Crippen LogP contribution in [0, 0.1) is 11.8 Å². The number of hydrogen-bond acceptors (Lipinski definition) is 14. The van der Waals surface area contributed by atoms with Gasteiger partial charge in [0.25, 0.3) is 0 Å². The molecule has 0 aromatic heterocycles. The first kappa shape index (κ1) is 47.1. The van der Waals surface area contributed by atoms with Crippen molar-refractivity contribution in [2.75, 3.05) is 39.6 Å². The predicted molar refractivity (Wildman–Crippen MR) is 191 cm³/mol. The van der Waals surface area contributed by atoms with Crippen LogP contribution >= 0.6 is 0 Å².